The van der Waals surface area contributed by atoms with Crippen LogP contribution in [0.5, 0.6) is 0 Å². The lowest BCUT2D eigenvalue weighted by Gasteiger charge is -2.13. The number of rotatable bonds is 1. The first kappa shape index (κ1) is 10.5. The summed E-state index contributed by atoms with van der Waals surface area (Å²) >= 11 is 3.41. The van der Waals surface area contributed by atoms with E-state index in [2.05, 4.69) is 31.1 Å². The summed E-state index contributed by atoms with van der Waals surface area (Å²) in [6, 6.07) is 0. The molecule has 0 aliphatic carbocycles. The lowest BCUT2D eigenvalue weighted by molar-refractivity contribution is -0.117. The molecule has 0 saturated carbocycles. The average molecular weight is 271 g/mol. The zero-order valence-electron chi connectivity index (χ0n) is 8.57. The van der Waals surface area contributed by atoms with Crippen molar-refractivity contribution in [1.29, 1.82) is 0 Å². The SMILES string of the molecule is Cc1nnc(N2CC(Br)CC2=O)nc1C. The number of aryl methyl sites for hydroxylation is 2. The van der Waals surface area contributed by atoms with Gasteiger partial charge in [-0.2, -0.15) is 5.10 Å². The molecule has 1 saturated heterocycles. The molecule has 1 unspecified atom stereocenters. The molecule has 2 heterocycles. The van der Waals surface area contributed by atoms with Crippen LogP contribution in [0.15, 0.2) is 0 Å². The molecule has 6 heteroatoms. The van der Waals surface area contributed by atoms with Crippen molar-refractivity contribution >= 4 is 27.8 Å². The fourth-order valence-electron chi connectivity index (χ4n) is 1.42. The molecule has 5 nitrogen and oxygen atoms in total. The summed E-state index contributed by atoms with van der Waals surface area (Å²) in [5.41, 5.74) is 1.60. The minimum absolute atomic E-state index is 0.0435. The second-order valence-electron chi connectivity index (χ2n) is 3.59. The van der Waals surface area contributed by atoms with Crippen molar-refractivity contribution < 1.29 is 4.79 Å². The monoisotopic (exact) mass is 270 g/mol. The minimum atomic E-state index is 0.0435. The Morgan fingerprint density at radius 1 is 1.33 bits per heavy atom. The summed E-state index contributed by atoms with van der Waals surface area (Å²) < 4.78 is 0. The second kappa shape index (κ2) is 3.84. The molecule has 1 amide bonds. The van der Waals surface area contributed by atoms with Gasteiger partial charge in [-0.1, -0.05) is 15.9 Å². The molecule has 1 atom stereocenters. The van der Waals surface area contributed by atoms with E-state index in [9.17, 15) is 4.79 Å². The van der Waals surface area contributed by atoms with Gasteiger partial charge in [-0.15, -0.1) is 5.10 Å². The van der Waals surface area contributed by atoms with E-state index in [4.69, 9.17) is 0 Å². The highest BCUT2D eigenvalue weighted by Crippen LogP contribution is 2.21. The van der Waals surface area contributed by atoms with Crippen LogP contribution < -0.4 is 4.90 Å². The van der Waals surface area contributed by atoms with Crippen LogP contribution in [0.4, 0.5) is 5.95 Å². The maximum Gasteiger partial charge on any atom is 0.252 e. The van der Waals surface area contributed by atoms with Crippen molar-refractivity contribution in [2.75, 3.05) is 11.4 Å². The Kier molecular flexibility index (Phi) is 2.68. The quantitative estimate of drug-likeness (QED) is 0.715. The molecule has 1 aromatic heterocycles. The topological polar surface area (TPSA) is 59.0 Å². The van der Waals surface area contributed by atoms with Crippen LogP contribution in [0.1, 0.15) is 17.8 Å². The van der Waals surface area contributed by atoms with Crippen LogP contribution in [0.3, 0.4) is 0 Å². The van der Waals surface area contributed by atoms with Gasteiger partial charge in [0.15, 0.2) is 0 Å². The van der Waals surface area contributed by atoms with Crippen LogP contribution >= 0.6 is 15.9 Å². The molecule has 0 spiro atoms. The summed E-state index contributed by atoms with van der Waals surface area (Å²) in [5, 5.41) is 7.89. The van der Waals surface area contributed by atoms with Gasteiger partial charge in [-0.05, 0) is 13.8 Å². The molecule has 15 heavy (non-hydrogen) atoms. The summed E-state index contributed by atoms with van der Waals surface area (Å²) in [4.78, 5) is 17.6. The predicted molar refractivity (Wildman–Crippen MR) is 59.0 cm³/mol. The Hall–Kier alpha value is -1.04. The standard InChI is InChI=1S/C9H11BrN4O/c1-5-6(2)12-13-9(11-5)14-4-7(10)3-8(14)15/h7H,3-4H2,1-2H3. The van der Waals surface area contributed by atoms with Gasteiger partial charge in [0.1, 0.15) is 0 Å². The van der Waals surface area contributed by atoms with Crippen molar-refractivity contribution in [2.24, 2.45) is 0 Å². The molecular formula is C9H11BrN4O. The van der Waals surface area contributed by atoms with E-state index in [1.54, 1.807) is 4.90 Å². The Bertz CT molecular complexity index is 409. The first-order valence-corrected chi connectivity index (χ1v) is 5.62. The van der Waals surface area contributed by atoms with Crippen molar-refractivity contribution in [3.05, 3.63) is 11.4 Å². The summed E-state index contributed by atoms with van der Waals surface area (Å²) in [5.74, 6) is 0.451. The Morgan fingerprint density at radius 3 is 2.60 bits per heavy atom. The third kappa shape index (κ3) is 1.99. The number of carbonyl (C=O) groups excluding carboxylic acids is 1. The minimum Gasteiger partial charge on any atom is -0.278 e. The van der Waals surface area contributed by atoms with Crippen molar-refractivity contribution in [3.63, 3.8) is 0 Å². The largest absolute Gasteiger partial charge is 0.278 e. The van der Waals surface area contributed by atoms with Gasteiger partial charge in [0.25, 0.3) is 5.95 Å². The van der Waals surface area contributed by atoms with E-state index in [1.807, 2.05) is 13.8 Å². The van der Waals surface area contributed by atoms with E-state index in [-0.39, 0.29) is 10.7 Å². The second-order valence-corrected chi connectivity index (χ2v) is 4.88. The smallest absolute Gasteiger partial charge is 0.252 e. The zero-order valence-corrected chi connectivity index (χ0v) is 10.2. The maximum absolute atomic E-state index is 11.6. The van der Waals surface area contributed by atoms with Crippen LogP contribution in [0, 0.1) is 13.8 Å². The number of amides is 1. The molecule has 1 aromatic rings. The molecule has 0 aromatic carbocycles. The van der Waals surface area contributed by atoms with E-state index < -0.39 is 0 Å². The van der Waals surface area contributed by atoms with E-state index in [0.717, 1.165) is 11.4 Å². The van der Waals surface area contributed by atoms with Gasteiger partial charge >= 0.3 is 0 Å². The van der Waals surface area contributed by atoms with Gasteiger partial charge in [0, 0.05) is 17.8 Å². The summed E-state index contributed by atoms with van der Waals surface area (Å²) in [7, 11) is 0. The number of hydrogen-bond donors (Lipinski definition) is 0. The fraction of sp³-hybridized carbons (Fsp3) is 0.556. The molecule has 80 valence electrons. The van der Waals surface area contributed by atoms with Gasteiger partial charge in [-0.25, -0.2) is 4.98 Å². The molecule has 0 radical (unpaired) electrons. The lowest BCUT2D eigenvalue weighted by atomic mass is 10.4. The van der Waals surface area contributed by atoms with E-state index in [1.165, 1.54) is 0 Å². The molecule has 1 aliphatic rings. The predicted octanol–water partition coefficient (Wildman–Crippen LogP) is 0.989. The fourth-order valence-corrected chi connectivity index (χ4v) is 1.98. The van der Waals surface area contributed by atoms with E-state index in [0.29, 0.717) is 18.9 Å². The number of anilines is 1. The highest BCUT2D eigenvalue weighted by atomic mass is 79.9. The van der Waals surface area contributed by atoms with Crippen LogP contribution in [-0.4, -0.2) is 32.5 Å². The Balaban J connectivity index is 2.30. The van der Waals surface area contributed by atoms with Crippen LogP contribution in [-0.2, 0) is 4.79 Å². The number of nitrogens with zero attached hydrogens (tertiary/aromatic N) is 4. The highest BCUT2D eigenvalue weighted by Gasteiger charge is 2.30. The van der Waals surface area contributed by atoms with Gasteiger partial charge in [-0.3, -0.25) is 9.69 Å². The van der Waals surface area contributed by atoms with Crippen LogP contribution in [0.25, 0.3) is 0 Å². The van der Waals surface area contributed by atoms with Crippen LogP contribution in [0.2, 0.25) is 0 Å². The van der Waals surface area contributed by atoms with Gasteiger partial charge < -0.3 is 0 Å². The summed E-state index contributed by atoms with van der Waals surface area (Å²) in [6.45, 7) is 4.32. The van der Waals surface area contributed by atoms with Crippen molar-refractivity contribution in [2.45, 2.75) is 25.1 Å². The highest BCUT2D eigenvalue weighted by molar-refractivity contribution is 9.09. The Labute approximate surface area is 96.0 Å². The molecular weight excluding hydrogens is 260 g/mol. The van der Waals surface area contributed by atoms with Crippen molar-refractivity contribution in [3.8, 4) is 0 Å². The van der Waals surface area contributed by atoms with Gasteiger partial charge in [0.2, 0.25) is 5.91 Å². The molecule has 0 bridgehead atoms. The third-order valence-electron chi connectivity index (χ3n) is 2.40. The number of alkyl halides is 1. The first-order valence-electron chi connectivity index (χ1n) is 4.70. The number of halogens is 1. The molecule has 1 fully saturated rings. The summed E-state index contributed by atoms with van der Waals surface area (Å²) in [6.07, 6.45) is 0.496. The first-order chi connectivity index (χ1) is 7.08. The molecule has 2 rings (SSSR count). The average Bonchev–Trinajstić information content (AvgIpc) is 2.50. The number of aromatic nitrogens is 3. The third-order valence-corrected chi connectivity index (χ3v) is 3.01. The normalized spacial score (nSPS) is 21.1. The molecule has 0 N–H and O–H groups in total. The number of hydrogen-bond acceptors (Lipinski definition) is 4. The zero-order chi connectivity index (χ0) is 11.0. The Morgan fingerprint density at radius 2 is 2.07 bits per heavy atom. The molecule has 1 aliphatic heterocycles. The van der Waals surface area contributed by atoms with Gasteiger partial charge in [0.05, 0.1) is 11.4 Å². The number of carbonyl (C=O) groups is 1. The van der Waals surface area contributed by atoms with E-state index >= 15 is 0 Å². The lowest BCUT2D eigenvalue weighted by Crippen LogP contribution is -2.27. The maximum atomic E-state index is 11.6. The van der Waals surface area contributed by atoms with Crippen molar-refractivity contribution in [1.82, 2.24) is 15.2 Å².